The van der Waals surface area contributed by atoms with Gasteiger partial charge in [0.1, 0.15) is 0 Å². The normalized spacial score (nSPS) is 21.7. The third-order valence-corrected chi connectivity index (χ3v) is 3.46. The molecule has 0 saturated carbocycles. The lowest BCUT2D eigenvalue weighted by Crippen LogP contribution is -2.05. The molecule has 2 atom stereocenters. The minimum absolute atomic E-state index is 0. The fourth-order valence-electron chi connectivity index (χ4n) is 2.67. The minimum Gasteiger partial charge on any atom is -0.324 e. The van der Waals surface area contributed by atoms with Crippen LogP contribution < -0.4 is 5.73 Å². The lowest BCUT2D eigenvalue weighted by molar-refractivity contribution is 0.662. The van der Waals surface area contributed by atoms with Gasteiger partial charge in [-0.3, -0.25) is 0 Å². The Morgan fingerprint density at radius 2 is 1.41 bits per heavy atom. The first-order valence-corrected chi connectivity index (χ1v) is 5.75. The van der Waals surface area contributed by atoms with E-state index in [1.165, 1.54) is 16.7 Å². The minimum atomic E-state index is 0. The number of hydrogen-bond donors (Lipinski definition) is 1. The molecule has 0 radical (unpaired) electrons. The number of benzene rings is 2. The van der Waals surface area contributed by atoms with E-state index in [2.05, 4.69) is 54.6 Å². The van der Waals surface area contributed by atoms with Crippen LogP contribution in [-0.2, 0) is 0 Å². The lowest BCUT2D eigenvalue weighted by Gasteiger charge is -2.11. The Balaban J connectivity index is 0.00000108. The van der Waals surface area contributed by atoms with Crippen molar-refractivity contribution < 1.29 is 0 Å². The Morgan fingerprint density at radius 3 is 2.12 bits per heavy atom. The van der Waals surface area contributed by atoms with Crippen LogP contribution in [-0.4, -0.2) is 0 Å². The Morgan fingerprint density at radius 1 is 0.824 bits per heavy atom. The molecule has 1 aliphatic rings. The maximum absolute atomic E-state index is 6.17. The molecule has 2 N–H and O–H groups in total. The highest BCUT2D eigenvalue weighted by molar-refractivity contribution is 5.85. The summed E-state index contributed by atoms with van der Waals surface area (Å²) in [6.45, 7) is 0. The van der Waals surface area contributed by atoms with Crippen molar-refractivity contribution in [3.8, 4) is 0 Å². The van der Waals surface area contributed by atoms with Crippen LogP contribution in [0.25, 0.3) is 0 Å². The number of fused-ring (bicyclic) bond motifs is 1. The van der Waals surface area contributed by atoms with E-state index in [1.807, 2.05) is 0 Å². The van der Waals surface area contributed by atoms with E-state index in [4.69, 9.17) is 5.73 Å². The summed E-state index contributed by atoms with van der Waals surface area (Å²) in [5.41, 5.74) is 10.3. The predicted molar refractivity (Wildman–Crippen MR) is 73.5 cm³/mol. The molecular formula is C15H16ClN. The molecule has 2 unspecified atom stereocenters. The second kappa shape index (κ2) is 4.91. The van der Waals surface area contributed by atoms with Gasteiger partial charge in [-0.1, -0.05) is 54.6 Å². The van der Waals surface area contributed by atoms with Crippen LogP contribution in [0.3, 0.4) is 0 Å². The lowest BCUT2D eigenvalue weighted by atomic mass is 9.93. The van der Waals surface area contributed by atoms with E-state index in [0.717, 1.165) is 6.42 Å². The van der Waals surface area contributed by atoms with Crippen LogP contribution in [0, 0.1) is 0 Å². The zero-order chi connectivity index (χ0) is 11.0. The molecule has 1 aliphatic carbocycles. The monoisotopic (exact) mass is 245 g/mol. The van der Waals surface area contributed by atoms with Gasteiger partial charge in [0, 0.05) is 12.0 Å². The Kier molecular flexibility index (Phi) is 3.51. The van der Waals surface area contributed by atoms with Gasteiger partial charge in [0.15, 0.2) is 0 Å². The molecule has 2 aromatic rings. The summed E-state index contributed by atoms with van der Waals surface area (Å²) in [4.78, 5) is 0. The summed E-state index contributed by atoms with van der Waals surface area (Å²) < 4.78 is 0. The van der Waals surface area contributed by atoms with Crippen LogP contribution in [0.2, 0.25) is 0 Å². The van der Waals surface area contributed by atoms with E-state index >= 15 is 0 Å². The second-order valence-electron chi connectivity index (χ2n) is 4.43. The largest absolute Gasteiger partial charge is 0.324 e. The molecule has 2 aromatic carbocycles. The van der Waals surface area contributed by atoms with Crippen molar-refractivity contribution in [2.24, 2.45) is 5.73 Å². The van der Waals surface area contributed by atoms with Gasteiger partial charge in [-0.25, -0.2) is 0 Å². The topological polar surface area (TPSA) is 26.0 Å². The first-order chi connectivity index (χ1) is 7.86. The van der Waals surface area contributed by atoms with Crippen molar-refractivity contribution >= 4 is 12.4 Å². The molecule has 0 aliphatic heterocycles. The van der Waals surface area contributed by atoms with E-state index < -0.39 is 0 Å². The molecule has 0 amide bonds. The summed E-state index contributed by atoms with van der Waals surface area (Å²) in [6.07, 6.45) is 1.03. The van der Waals surface area contributed by atoms with Crippen molar-refractivity contribution in [1.82, 2.24) is 0 Å². The first kappa shape index (κ1) is 12.2. The molecule has 1 nitrogen and oxygen atoms in total. The molecule has 0 aromatic heterocycles. The summed E-state index contributed by atoms with van der Waals surface area (Å²) in [5.74, 6) is 0.479. The average molecular weight is 246 g/mol. The van der Waals surface area contributed by atoms with E-state index in [0.29, 0.717) is 5.92 Å². The summed E-state index contributed by atoms with van der Waals surface area (Å²) in [6, 6.07) is 19.4. The van der Waals surface area contributed by atoms with Crippen LogP contribution in [0.5, 0.6) is 0 Å². The summed E-state index contributed by atoms with van der Waals surface area (Å²) in [5, 5.41) is 0. The Bertz CT molecular complexity index is 495. The highest BCUT2D eigenvalue weighted by Crippen LogP contribution is 2.42. The molecule has 2 heteroatoms. The fraction of sp³-hybridized carbons (Fsp3) is 0.200. The van der Waals surface area contributed by atoms with Gasteiger partial charge < -0.3 is 5.73 Å². The fourth-order valence-corrected chi connectivity index (χ4v) is 2.67. The van der Waals surface area contributed by atoms with Crippen molar-refractivity contribution in [2.75, 3.05) is 0 Å². The zero-order valence-corrected chi connectivity index (χ0v) is 10.4. The molecule has 0 heterocycles. The van der Waals surface area contributed by atoms with Gasteiger partial charge in [0.05, 0.1) is 0 Å². The van der Waals surface area contributed by atoms with Gasteiger partial charge in [0.25, 0.3) is 0 Å². The molecule has 0 spiro atoms. The summed E-state index contributed by atoms with van der Waals surface area (Å²) >= 11 is 0. The van der Waals surface area contributed by atoms with E-state index in [1.54, 1.807) is 0 Å². The van der Waals surface area contributed by atoms with Crippen LogP contribution >= 0.6 is 12.4 Å². The third kappa shape index (κ3) is 2.08. The van der Waals surface area contributed by atoms with Crippen molar-refractivity contribution in [2.45, 2.75) is 18.4 Å². The van der Waals surface area contributed by atoms with Gasteiger partial charge in [-0.15, -0.1) is 12.4 Å². The third-order valence-electron chi connectivity index (χ3n) is 3.46. The van der Waals surface area contributed by atoms with Crippen LogP contribution in [0.4, 0.5) is 0 Å². The summed E-state index contributed by atoms with van der Waals surface area (Å²) in [7, 11) is 0. The molecule has 88 valence electrons. The number of halogens is 1. The van der Waals surface area contributed by atoms with Crippen molar-refractivity contribution in [3.05, 3.63) is 71.3 Å². The quantitative estimate of drug-likeness (QED) is 0.816. The highest BCUT2D eigenvalue weighted by atomic mass is 35.5. The first-order valence-electron chi connectivity index (χ1n) is 5.75. The predicted octanol–water partition coefficient (Wildman–Crippen LogP) is 3.64. The maximum Gasteiger partial charge on any atom is 0.0306 e. The molecule has 0 saturated heterocycles. The number of hydrogen-bond acceptors (Lipinski definition) is 1. The molecule has 3 rings (SSSR count). The van der Waals surface area contributed by atoms with Gasteiger partial charge in [-0.2, -0.15) is 0 Å². The van der Waals surface area contributed by atoms with Gasteiger partial charge in [0.2, 0.25) is 0 Å². The van der Waals surface area contributed by atoms with Crippen molar-refractivity contribution in [3.63, 3.8) is 0 Å². The van der Waals surface area contributed by atoms with Gasteiger partial charge >= 0.3 is 0 Å². The zero-order valence-electron chi connectivity index (χ0n) is 9.54. The van der Waals surface area contributed by atoms with Crippen LogP contribution in [0.15, 0.2) is 54.6 Å². The molecule has 0 bridgehead atoms. The Labute approximate surface area is 108 Å². The highest BCUT2D eigenvalue weighted by Gasteiger charge is 2.28. The maximum atomic E-state index is 6.17. The SMILES string of the molecule is Cl.NC1CC(c2ccccc2)c2ccccc21. The Hall–Kier alpha value is -1.31. The molecule has 0 fully saturated rings. The molecular weight excluding hydrogens is 230 g/mol. The number of nitrogens with two attached hydrogens (primary N) is 1. The van der Waals surface area contributed by atoms with Crippen LogP contribution in [0.1, 0.15) is 35.1 Å². The number of rotatable bonds is 1. The van der Waals surface area contributed by atoms with Crippen molar-refractivity contribution in [1.29, 1.82) is 0 Å². The standard InChI is InChI=1S/C15H15N.ClH/c16-15-10-14(11-6-2-1-3-7-11)12-8-4-5-9-13(12)15;/h1-9,14-15H,10,16H2;1H. The second-order valence-corrected chi connectivity index (χ2v) is 4.43. The van der Waals surface area contributed by atoms with E-state index in [-0.39, 0.29) is 18.4 Å². The van der Waals surface area contributed by atoms with E-state index in [9.17, 15) is 0 Å². The average Bonchev–Trinajstić information content (AvgIpc) is 2.69. The smallest absolute Gasteiger partial charge is 0.0306 e. The van der Waals surface area contributed by atoms with Gasteiger partial charge in [-0.05, 0) is 23.1 Å². The molecule has 17 heavy (non-hydrogen) atoms.